The van der Waals surface area contributed by atoms with Gasteiger partial charge in [-0.15, -0.1) is 0 Å². The van der Waals surface area contributed by atoms with Crippen LogP contribution in [0.2, 0.25) is 0 Å². The van der Waals surface area contributed by atoms with Crippen LogP contribution in [0.25, 0.3) is 0 Å². The first-order valence-electron chi connectivity index (χ1n) is 7.71. The minimum absolute atomic E-state index is 0.418. The zero-order valence-electron chi connectivity index (χ0n) is 12.1. The van der Waals surface area contributed by atoms with Crippen LogP contribution in [0.5, 0.6) is 5.75 Å². The van der Waals surface area contributed by atoms with E-state index in [4.69, 9.17) is 4.74 Å². The third-order valence-corrected chi connectivity index (χ3v) is 5.07. The van der Waals surface area contributed by atoms with E-state index in [1.165, 1.54) is 37.7 Å². The average molecular weight is 259 g/mol. The first-order valence-corrected chi connectivity index (χ1v) is 7.71. The molecule has 2 saturated carbocycles. The number of nitrogens with one attached hydrogen (secondary N) is 1. The summed E-state index contributed by atoms with van der Waals surface area (Å²) in [6.45, 7) is 5.40. The van der Waals surface area contributed by atoms with Gasteiger partial charge >= 0.3 is 0 Å². The van der Waals surface area contributed by atoms with Gasteiger partial charge in [0.2, 0.25) is 0 Å². The molecule has 0 bridgehead atoms. The SMILES string of the molecule is CCNC1CC(Oc2ccc(C)cc2)C12CCCC2. The van der Waals surface area contributed by atoms with Gasteiger partial charge in [-0.2, -0.15) is 0 Å². The Labute approximate surface area is 116 Å². The van der Waals surface area contributed by atoms with Crippen molar-refractivity contribution in [1.82, 2.24) is 5.32 Å². The fraction of sp³-hybridized carbons (Fsp3) is 0.647. The third-order valence-electron chi connectivity index (χ3n) is 5.07. The van der Waals surface area contributed by atoms with Crippen molar-refractivity contribution < 1.29 is 4.74 Å². The average Bonchev–Trinajstić information content (AvgIpc) is 2.92. The Balaban J connectivity index is 1.70. The molecule has 2 heteroatoms. The molecule has 2 fully saturated rings. The molecule has 104 valence electrons. The van der Waals surface area contributed by atoms with E-state index in [2.05, 4.69) is 43.4 Å². The van der Waals surface area contributed by atoms with Crippen molar-refractivity contribution in [1.29, 1.82) is 0 Å². The molecular weight excluding hydrogens is 234 g/mol. The fourth-order valence-electron chi connectivity index (χ4n) is 3.93. The normalized spacial score (nSPS) is 28.3. The molecule has 1 aromatic rings. The van der Waals surface area contributed by atoms with Gasteiger partial charge < -0.3 is 10.1 Å². The van der Waals surface area contributed by atoms with Crippen molar-refractivity contribution in [3.63, 3.8) is 0 Å². The lowest BCUT2D eigenvalue weighted by atomic mass is 9.60. The third kappa shape index (κ3) is 2.27. The lowest BCUT2D eigenvalue weighted by Gasteiger charge is -2.54. The van der Waals surface area contributed by atoms with E-state index in [0.717, 1.165) is 12.3 Å². The van der Waals surface area contributed by atoms with Gasteiger partial charge in [0.05, 0.1) is 0 Å². The number of benzene rings is 1. The van der Waals surface area contributed by atoms with Gasteiger partial charge in [-0.25, -0.2) is 0 Å². The van der Waals surface area contributed by atoms with Crippen molar-refractivity contribution >= 4 is 0 Å². The Hall–Kier alpha value is -1.02. The first kappa shape index (κ1) is 13.0. The minimum Gasteiger partial charge on any atom is -0.490 e. The van der Waals surface area contributed by atoms with Crippen LogP contribution in [0.4, 0.5) is 0 Å². The second kappa shape index (κ2) is 5.16. The van der Waals surface area contributed by atoms with Crippen molar-refractivity contribution in [3.05, 3.63) is 29.8 Å². The Morgan fingerprint density at radius 3 is 2.53 bits per heavy atom. The predicted octanol–water partition coefficient (Wildman–Crippen LogP) is 3.68. The van der Waals surface area contributed by atoms with Crippen LogP contribution in [0, 0.1) is 12.3 Å². The van der Waals surface area contributed by atoms with E-state index in [-0.39, 0.29) is 0 Å². The Bertz CT molecular complexity index is 419. The quantitative estimate of drug-likeness (QED) is 0.890. The van der Waals surface area contributed by atoms with Crippen molar-refractivity contribution in [2.75, 3.05) is 6.54 Å². The molecule has 0 aromatic heterocycles. The van der Waals surface area contributed by atoms with Crippen LogP contribution in [0.3, 0.4) is 0 Å². The molecule has 0 aliphatic heterocycles. The molecule has 3 rings (SSSR count). The van der Waals surface area contributed by atoms with Gasteiger partial charge in [0.1, 0.15) is 11.9 Å². The van der Waals surface area contributed by atoms with E-state index in [1.807, 2.05) is 0 Å². The van der Waals surface area contributed by atoms with E-state index in [9.17, 15) is 0 Å². The number of rotatable bonds is 4. The first-order chi connectivity index (χ1) is 9.24. The number of hydrogen-bond donors (Lipinski definition) is 1. The number of ether oxygens (including phenoxy) is 1. The van der Waals surface area contributed by atoms with Crippen molar-refractivity contribution in [3.8, 4) is 5.75 Å². The topological polar surface area (TPSA) is 21.3 Å². The van der Waals surface area contributed by atoms with Gasteiger partial charge in [0, 0.05) is 17.9 Å². The van der Waals surface area contributed by atoms with Crippen LogP contribution in [0.15, 0.2) is 24.3 Å². The molecule has 2 aliphatic carbocycles. The highest BCUT2D eigenvalue weighted by molar-refractivity contribution is 5.27. The molecule has 1 spiro atoms. The molecule has 1 N–H and O–H groups in total. The molecule has 2 unspecified atom stereocenters. The predicted molar refractivity (Wildman–Crippen MR) is 78.6 cm³/mol. The Kier molecular flexibility index (Phi) is 3.53. The summed E-state index contributed by atoms with van der Waals surface area (Å²) in [7, 11) is 0. The van der Waals surface area contributed by atoms with E-state index < -0.39 is 0 Å². The maximum Gasteiger partial charge on any atom is 0.119 e. The lowest BCUT2D eigenvalue weighted by Crippen LogP contribution is -2.63. The number of aryl methyl sites for hydroxylation is 1. The van der Waals surface area contributed by atoms with Crippen molar-refractivity contribution in [2.45, 2.75) is 58.1 Å². The molecule has 0 saturated heterocycles. The van der Waals surface area contributed by atoms with Crippen molar-refractivity contribution in [2.24, 2.45) is 5.41 Å². The molecule has 19 heavy (non-hydrogen) atoms. The van der Waals surface area contributed by atoms with Crippen LogP contribution in [-0.2, 0) is 0 Å². The zero-order chi connectivity index (χ0) is 13.3. The van der Waals surface area contributed by atoms with Gasteiger partial charge in [-0.1, -0.05) is 37.5 Å². The summed E-state index contributed by atoms with van der Waals surface area (Å²) in [6, 6.07) is 9.17. The summed E-state index contributed by atoms with van der Waals surface area (Å²) in [5.41, 5.74) is 1.71. The Morgan fingerprint density at radius 2 is 1.89 bits per heavy atom. The zero-order valence-corrected chi connectivity index (χ0v) is 12.1. The second-order valence-electron chi connectivity index (χ2n) is 6.21. The largest absolute Gasteiger partial charge is 0.490 e. The summed E-state index contributed by atoms with van der Waals surface area (Å²) < 4.78 is 6.28. The van der Waals surface area contributed by atoms with E-state index in [1.54, 1.807) is 0 Å². The van der Waals surface area contributed by atoms with E-state index >= 15 is 0 Å². The molecule has 0 amide bonds. The molecule has 2 atom stereocenters. The maximum atomic E-state index is 6.28. The van der Waals surface area contributed by atoms with E-state index in [0.29, 0.717) is 17.6 Å². The highest BCUT2D eigenvalue weighted by atomic mass is 16.5. The minimum atomic E-state index is 0.418. The summed E-state index contributed by atoms with van der Waals surface area (Å²) in [5.74, 6) is 1.04. The molecule has 0 radical (unpaired) electrons. The second-order valence-corrected chi connectivity index (χ2v) is 6.21. The molecular formula is C17H25NO. The monoisotopic (exact) mass is 259 g/mol. The van der Waals surface area contributed by atoms with Gasteiger partial charge in [-0.3, -0.25) is 0 Å². The molecule has 2 aliphatic rings. The van der Waals surface area contributed by atoms with Crippen LogP contribution in [-0.4, -0.2) is 18.7 Å². The Morgan fingerprint density at radius 1 is 1.21 bits per heavy atom. The summed E-state index contributed by atoms with van der Waals surface area (Å²) in [4.78, 5) is 0. The number of hydrogen-bond acceptors (Lipinski definition) is 2. The summed E-state index contributed by atoms with van der Waals surface area (Å²) in [6.07, 6.45) is 7.00. The highest BCUT2D eigenvalue weighted by Crippen LogP contribution is 2.54. The fourth-order valence-corrected chi connectivity index (χ4v) is 3.93. The smallest absolute Gasteiger partial charge is 0.119 e. The van der Waals surface area contributed by atoms with Gasteiger partial charge in [0.25, 0.3) is 0 Å². The van der Waals surface area contributed by atoms with Crippen LogP contribution in [0.1, 0.15) is 44.6 Å². The molecule has 1 aromatic carbocycles. The van der Waals surface area contributed by atoms with Crippen LogP contribution < -0.4 is 10.1 Å². The molecule has 0 heterocycles. The highest BCUT2D eigenvalue weighted by Gasteiger charge is 2.57. The van der Waals surface area contributed by atoms with Gasteiger partial charge in [0.15, 0.2) is 0 Å². The van der Waals surface area contributed by atoms with Gasteiger partial charge in [-0.05, 0) is 38.4 Å². The maximum absolute atomic E-state index is 6.28. The lowest BCUT2D eigenvalue weighted by molar-refractivity contribution is -0.0755. The standard InChI is InChI=1S/C17H25NO/c1-3-18-15-12-16(17(15)10-4-5-11-17)19-14-8-6-13(2)7-9-14/h6-9,15-16,18H,3-5,10-12H2,1-2H3. The summed E-state index contributed by atoms with van der Waals surface area (Å²) >= 11 is 0. The molecule has 2 nitrogen and oxygen atoms in total. The summed E-state index contributed by atoms with van der Waals surface area (Å²) in [5, 5.41) is 3.66. The van der Waals surface area contributed by atoms with Crippen LogP contribution >= 0.6 is 0 Å².